The minimum atomic E-state index is 0. The van der Waals surface area contributed by atoms with Gasteiger partial charge in [0.05, 0.1) is 50.0 Å². The molecular formula is C117H69IrN6. The van der Waals surface area contributed by atoms with E-state index in [1.165, 1.54) is 0 Å². The topological polar surface area (TPSA) is 51.9 Å². The molecule has 6 aromatic heterocycles. The molecule has 6 nitrogen and oxygen atoms in total. The van der Waals surface area contributed by atoms with Crippen LogP contribution >= 0.6 is 0 Å². The second-order valence-corrected chi connectivity index (χ2v) is 32.2. The molecule has 25 rings (SSSR count). The van der Waals surface area contributed by atoms with Crippen molar-refractivity contribution in [3.05, 3.63) is 437 Å². The number of benzene rings is 19. The van der Waals surface area contributed by atoms with Gasteiger partial charge >= 0.3 is 20.1 Å². The van der Waals surface area contributed by atoms with Gasteiger partial charge in [-0.15, -0.1) is 70.8 Å². The van der Waals surface area contributed by atoms with E-state index in [0.717, 1.165) is 249 Å². The van der Waals surface area contributed by atoms with E-state index in [1.807, 2.05) is 0 Å². The summed E-state index contributed by atoms with van der Waals surface area (Å²) in [5, 5.41) is 9.39. The number of nitrogens with zero attached hydrogens (tertiary/aromatic N) is 6. The Labute approximate surface area is 728 Å². The van der Waals surface area contributed by atoms with Gasteiger partial charge in [-0.05, 0) is 184 Å². The Morgan fingerprint density at radius 2 is 0.435 bits per heavy atom. The molecule has 0 bridgehead atoms. The molecular weight excluding hydrogens is 1680 g/mol. The number of para-hydroxylation sites is 6. The first-order valence-electron chi connectivity index (χ1n) is 41.9. The molecule has 0 N–H and O–H groups in total. The van der Waals surface area contributed by atoms with Crippen molar-refractivity contribution in [1.29, 1.82) is 0 Å². The summed E-state index contributed by atoms with van der Waals surface area (Å²) >= 11 is 0. The van der Waals surface area contributed by atoms with E-state index < -0.39 is 0 Å². The van der Waals surface area contributed by atoms with Crippen LogP contribution in [0.2, 0.25) is 0 Å². The maximum Gasteiger partial charge on any atom is 3.00 e. The molecule has 19 aromatic carbocycles. The predicted octanol–water partition coefficient (Wildman–Crippen LogP) is 30.4. The average molecular weight is 1750 g/mol. The average Bonchev–Trinajstić information content (AvgIpc) is 1.44. The van der Waals surface area contributed by atoms with Crippen molar-refractivity contribution in [1.82, 2.24) is 28.2 Å². The third-order valence-corrected chi connectivity index (χ3v) is 25.2. The van der Waals surface area contributed by atoms with E-state index in [9.17, 15) is 0 Å². The molecule has 124 heavy (non-hydrogen) atoms. The molecule has 0 aliphatic rings. The Hall–Kier alpha value is -15.8. The first kappa shape index (κ1) is 72.3. The van der Waals surface area contributed by atoms with Crippen molar-refractivity contribution in [3.8, 4) is 134 Å². The maximum atomic E-state index is 5.48. The van der Waals surface area contributed by atoms with Crippen LogP contribution in [0.1, 0.15) is 0 Å². The maximum absolute atomic E-state index is 5.48. The molecule has 0 aliphatic carbocycles. The normalized spacial score (nSPS) is 11.8. The first-order chi connectivity index (χ1) is 61.0. The van der Waals surface area contributed by atoms with Crippen LogP contribution in [0.25, 0.3) is 249 Å². The van der Waals surface area contributed by atoms with E-state index in [4.69, 9.17) is 15.0 Å². The van der Waals surface area contributed by atoms with Crippen LogP contribution in [0.5, 0.6) is 0 Å². The third-order valence-electron chi connectivity index (χ3n) is 25.2. The summed E-state index contributed by atoms with van der Waals surface area (Å²) in [4.78, 5) is 16.4. The molecule has 0 unspecified atom stereocenters. The summed E-state index contributed by atoms with van der Waals surface area (Å²) in [5.74, 6) is 0. The molecule has 0 fully saturated rings. The van der Waals surface area contributed by atoms with Gasteiger partial charge in [-0.3, -0.25) is 15.0 Å². The van der Waals surface area contributed by atoms with Crippen molar-refractivity contribution in [2.45, 2.75) is 0 Å². The summed E-state index contributed by atoms with van der Waals surface area (Å²) in [6, 6.07) is 164. The fourth-order valence-electron chi connectivity index (χ4n) is 19.6. The van der Waals surface area contributed by atoms with Gasteiger partial charge in [0.15, 0.2) is 0 Å². The van der Waals surface area contributed by atoms with E-state index in [1.54, 1.807) is 0 Å². The monoisotopic (exact) mass is 1750 g/mol. The van der Waals surface area contributed by atoms with Crippen LogP contribution in [0, 0.1) is 18.2 Å². The number of aromatic nitrogens is 6. The van der Waals surface area contributed by atoms with Crippen molar-refractivity contribution in [2.75, 3.05) is 0 Å². The third kappa shape index (κ3) is 11.7. The summed E-state index contributed by atoms with van der Waals surface area (Å²) in [6.45, 7) is 0. The van der Waals surface area contributed by atoms with Crippen LogP contribution in [0.15, 0.2) is 419 Å². The predicted molar refractivity (Wildman–Crippen MR) is 512 cm³/mol. The van der Waals surface area contributed by atoms with E-state index >= 15 is 0 Å². The minimum absolute atomic E-state index is 0. The zero-order chi connectivity index (χ0) is 80.7. The van der Waals surface area contributed by atoms with Crippen LogP contribution in [0.3, 0.4) is 0 Å². The van der Waals surface area contributed by atoms with Gasteiger partial charge in [-0.1, -0.05) is 359 Å². The Kier molecular flexibility index (Phi) is 17.1. The van der Waals surface area contributed by atoms with E-state index in [2.05, 4.69) is 450 Å². The molecule has 0 radical (unpaired) electrons. The number of imidazole rings is 3. The van der Waals surface area contributed by atoms with Gasteiger partial charge in [-0.25, -0.2) is 0 Å². The molecule has 0 atom stereocenters. The summed E-state index contributed by atoms with van der Waals surface area (Å²) in [6.07, 6.45) is 0. The van der Waals surface area contributed by atoms with Crippen molar-refractivity contribution in [3.63, 3.8) is 0 Å². The number of fused-ring (bicyclic) bond motifs is 24. The number of hydrogen-bond donors (Lipinski definition) is 0. The fraction of sp³-hybridized carbons (Fsp3) is 0. The first-order valence-corrected chi connectivity index (χ1v) is 41.9. The van der Waals surface area contributed by atoms with Crippen molar-refractivity contribution < 1.29 is 20.1 Å². The van der Waals surface area contributed by atoms with E-state index in [-0.39, 0.29) is 20.1 Å². The Bertz CT molecular complexity index is 8310. The minimum Gasteiger partial charge on any atom is -0.333 e. The van der Waals surface area contributed by atoms with Crippen LogP contribution in [-0.4, -0.2) is 28.2 Å². The quantitative estimate of drug-likeness (QED) is 0.0905. The Balaban J connectivity index is 0.00000864. The standard InChI is InChI=1S/C117H69N6.Ir/c1-7-31-73(32-8-1)82-67-99(78-41-17-6-18-42-78)114-105(68-82)102-66-81(57-60-94(102)117-120-108-51-27-30-54-111(108)123(114)117)88-45-21-24-48-91(88)85-62-83(89-46-22-19-43-86(89)79-55-58-92-100(64-79)103-69-95(74-33-9-2-10-34-74)97(76-37-13-4-14-38-76)71-112(103)121-109-52-28-25-49-106(109)118-115(92)121)61-84(63-85)90-47-23-20-44-87(90)80-56-59-93-101(65-80)104-70-96(75-35-11-3-12-36-75)98(77-39-15-5-16-40-77)72-113(104)122-110-53-29-26-50-107(110)119-116(93)122;/h1-57,61-72H;/q-3;+3. The van der Waals surface area contributed by atoms with Crippen LogP contribution in [0.4, 0.5) is 0 Å². The summed E-state index contributed by atoms with van der Waals surface area (Å²) < 4.78 is 7.08. The number of rotatable bonds is 12. The second-order valence-electron chi connectivity index (χ2n) is 32.2. The molecule has 6 heterocycles. The molecule has 576 valence electrons. The molecule has 0 spiro atoms. The molecule has 7 heteroatoms. The van der Waals surface area contributed by atoms with Gasteiger partial charge in [0.1, 0.15) is 0 Å². The Morgan fingerprint density at radius 3 is 0.790 bits per heavy atom. The van der Waals surface area contributed by atoms with Crippen molar-refractivity contribution in [2.24, 2.45) is 0 Å². The molecule has 25 aromatic rings. The summed E-state index contributed by atoms with van der Waals surface area (Å²) in [5.41, 5.74) is 38.2. The fourth-order valence-corrected chi connectivity index (χ4v) is 19.6. The molecule has 0 aliphatic heterocycles. The summed E-state index contributed by atoms with van der Waals surface area (Å²) in [7, 11) is 0. The van der Waals surface area contributed by atoms with Crippen LogP contribution < -0.4 is 0 Å². The van der Waals surface area contributed by atoms with Gasteiger partial charge < -0.3 is 13.2 Å². The van der Waals surface area contributed by atoms with Crippen molar-refractivity contribution >= 4 is 115 Å². The van der Waals surface area contributed by atoms with E-state index in [0.29, 0.717) is 0 Å². The zero-order valence-electron chi connectivity index (χ0n) is 66.9. The zero-order valence-corrected chi connectivity index (χ0v) is 69.2. The van der Waals surface area contributed by atoms with Gasteiger partial charge in [0, 0.05) is 22.1 Å². The molecule has 0 saturated carbocycles. The number of pyridine rings is 3. The number of hydrogen-bond acceptors (Lipinski definition) is 3. The molecule has 0 saturated heterocycles. The Morgan fingerprint density at radius 1 is 0.169 bits per heavy atom. The molecule has 0 amide bonds. The van der Waals surface area contributed by atoms with Crippen LogP contribution in [-0.2, 0) is 20.1 Å². The van der Waals surface area contributed by atoms with Gasteiger partial charge in [0.2, 0.25) is 0 Å². The second kappa shape index (κ2) is 29.3. The largest absolute Gasteiger partial charge is 3.00 e. The SMILES string of the molecule is [Ir+3].[c-]1cc(-c2ccccc2-c2cc(-c3ccccc3-c3c[c-]c4c(c3)c3cc(-c5ccccc5)c(-c5ccccc5)cc3n3c5ccccc5nc43)cc(-c3ccccc3-c3c[c-]c4c(c3)c3cc(-c5ccccc5)cc(-c5ccccc5)c3n3c5ccccc5nc43)c2)cc2c1c1nc3ccccc3n1c1cc(-c3ccccc3)c(-c3ccccc3)cc21. The van der Waals surface area contributed by atoms with Gasteiger partial charge in [-0.2, -0.15) is 0 Å². The van der Waals surface area contributed by atoms with Gasteiger partial charge in [0.25, 0.3) is 0 Å². The smallest absolute Gasteiger partial charge is 0.333 e.